The molecule has 0 aliphatic carbocycles. The Labute approximate surface area is 110 Å². The molecule has 0 saturated carbocycles. The first kappa shape index (κ1) is 12.7. The Morgan fingerprint density at radius 3 is 2.59 bits per heavy atom. The van der Waals surface area contributed by atoms with Gasteiger partial charge in [-0.05, 0) is 31.4 Å². The lowest BCUT2D eigenvalue weighted by Crippen LogP contribution is -2.39. The van der Waals surface area contributed by atoms with Crippen LogP contribution < -0.4 is 5.32 Å². The summed E-state index contributed by atoms with van der Waals surface area (Å²) in [6, 6.07) is 4.99. The Balaban J connectivity index is 2.08. The lowest BCUT2D eigenvalue weighted by Gasteiger charge is -2.23. The van der Waals surface area contributed by atoms with Crippen LogP contribution in [0, 0.1) is 0 Å². The molecule has 0 radical (unpaired) electrons. The highest BCUT2D eigenvalue weighted by molar-refractivity contribution is 6.39. The fourth-order valence-electron chi connectivity index (χ4n) is 1.79. The molecule has 1 heterocycles. The topological polar surface area (TPSA) is 38.3 Å². The Morgan fingerprint density at radius 2 is 2.00 bits per heavy atom. The molecule has 1 N–H and O–H groups in total. The highest BCUT2D eigenvalue weighted by Gasteiger charge is 2.20. The molecule has 0 bridgehead atoms. The molecule has 1 amide bonds. The van der Waals surface area contributed by atoms with Crippen LogP contribution in [0.15, 0.2) is 18.2 Å². The van der Waals surface area contributed by atoms with Crippen molar-refractivity contribution in [2.75, 3.05) is 6.61 Å². The van der Waals surface area contributed by atoms with Crippen molar-refractivity contribution in [1.82, 2.24) is 5.32 Å². The van der Waals surface area contributed by atoms with Gasteiger partial charge in [0.15, 0.2) is 0 Å². The molecule has 92 valence electrons. The van der Waals surface area contributed by atoms with Gasteiger partial charge in [0.2, 0.25) is 0 Å². The van der Waals surface area contributed by atoms with Crippen molar-refractivity contribution in [2.24, 2.45) is 0 Å². The van der Waals surface area contributed by atoms with Crippen LogP contribution in [-0.4, -0.2) is 18.7 Å². The van der Waals surface area contributed by atoms with Crippen LogP contribution in [0.1, 0.15) is 29.6 Å². The predicted octanol–water partition coefficient (Wildman–Crippen LogP) is 3.25. The summed E-state index contributed by atoms with van der Waals surface area (Å²) in [6.45, 7) is 0.682. The summed E-state index contributed by atoms with van der Waals surface area (Å²) in [5.74, 6) is -0.285. The van der Waals surface area contributed by atoms with Crippen molar-refractivity contribution in [1.29, 1.82) is 0 Å². The second-order valence-electron chi connectivity index (χ2n) is 3.93. The van der Waals surface area contributed by atoms with Gasteiger partial charge in [-0.2, -0.15) is 0 Å². The maximum Gasteiger partial charge on any atom is 0.256 e. The average molecular weight is 274 g/mol. The van der Waals surface area contributed by atoms with E-state index >= 15 is 0 Å². The molecule has 1 unspecified atom stereocenters. The number of nitrogens with one attached hydrogen (secondary N) is 1. The quantitative estimate of drug-likeness (QED) is 0.899. The molecule has 2 rings (SSSR count). The summed E-state index contributed by atoms with van der Waals surface area (Å²) in [4.78, 5) is 12.0. The number of halogens is 2. The van der Waals surface area contributed by atoms with Gasteiger partial charge >= 0.3 is 0 Å². The molecule has 5 heteroatoms. The van der Waals surface area contributed by atoms with Crippen LogP contribution in [0.3, 0.4) is 0 Å². The largest absolute Gasteiger partial charge is 0.359 e. The molecule has 1 atom stereocenters. The van der Waals surface area contributed by atoms with Gasteiger partial charge in [-0.25, -0.2) is 0 Å². The van der Waals surface area contributed by atoms with Crippen LogP contribution in [0.2, 0.25) is 10.0 Å². The maximum absolute atomic E-state index is 12.0. The average Bonchev–Trinajstić information content (AvgIpc) is 2.30. The number of ether oxygens (including phenoxy) is 1. The van der Waals surface area contributed by atoms with Crippen LogP contribution >= 0.6 is 23.2 Å². The molecule has 1 aromatic carbocycles. The van der Waals surface area contributed by atoms with E-state index in [1.807, 2.05) is 0 Å². The summed E-state index contributed by atoms with van der Waals surface area (Å²) in [5, 5.41) is 3.49. The van der Waals surface area contributed by atoms with E-state index < -0.39 is 0 Å². The minimum atomic E-state index is -0.285. The third-order valence-electron chi connectivity index (χ3n) is 2.66. The lowest BCUT2D eigenvalue weighted by atomic mass is 10.1. The number of hydrogen-bond donors (Lipinski definition) is 1. The van der Waals surface area contributed by atoms with Crippen molar-refractivity contribution < 1.29 is 9.53 Å². The Hall–Kier alpha value is -0.770. The van der Waals surface area contributed by atoms with E-state index in [0.717, 1.165) is 19.3 Å². The first-order valence-corrected chi connectivity index (χ1v) is 6.30. The predicted molar refractivity (Wildman–Crippen MR) is 67.5 cm³/mol. The molecular weight excluding hydrogens is 261 g/mol. The van der Waals surface area contributed by atoms with Crippen LogP contribution in [0.25, 0.3) is 0 Å². The molecule has 1 aliphatic heterocycles. The number of rotatable bonds is 2. The number of hydrogen-bond acceptors (Lipinski definition) is 2. The van der Waals surface area contributed by atoms with Gasteiger partial charge in [0.05, 0.1) is 15.6 Å². The van der Waals surface area contributed by atoms with Crippen molar-refractivity contribution in [2.45, 2.75) is 25.5 Å². The summed E-state index contributed by atoms with van der Waals surface area (Å²) in [7, 11) is 0. The van der Waals surface area contributed by atoms with E-state index in [0.29, 0.717) is 22.2 Å². The molecule has 3 nitrogen and oxygen atoms in total. The van der Waals surface area contributed by atoms with Gasteiger partial charge in [0, 0.05) is 6.61 Å². The van der Waals surface area contributed by atoms with Crippen molar-refractivity contribution >= 4 is 29.1 Å². The maximum atomic E-state index is 12.0. The second-order valence-corrected chi connectivity index (χ2v) is 4.74. The molecule has 17 heavy (non-hydrogen) atoms. The smallest absolute Gasteiger partial charge is 0.256 e. The van der Waals surface area contributed by atoms with Gasteiger partial charge in [0.1, 0.15) is 6.23 Å². The van der Waals surface area contributed by atoms with E-state index in [4.69, 9.17) is 27.9 Å². The zero-order valence-electron chi connectivity index (χ0n) is 9.21. The molecule has 1 fully saturated rings. The van der Waals surface area contributed by atoms with Gasteiger partial charge in [-0.1, -0.05) is 29.3 Å². The van der Waals surface area contributed by atoms with E-state index in [1.54, 1.807) is 18.2 Å². The van der Waals surface area contributed by atoms with E-state index in [2.05, 4.69) is 5.32 Å². The SMILES string of the molecule is O=C(NC1CCCCO1)c1c(Cl)cccc1Cl. The zero-order valence-corrected chi connectivity index (χ0v) is 10.7. The van der Waals surface area contributed by atoms with Crippen LogP contribution in [0.4, 0.5) is 0 Å². The number of carbonyl (C=O) groups excluding carboxylic acids is 1. The molecule has 1 aliphatic rings. The van der Waals surface area contributed by atoms with Crippen LogP contribution in [0.5, 0.6) is 0 Å². The summed E-state index contributed by atoms with van der Waals surface area (Å²) in [6.07, 6.45) is 2.69. The minimum Gasteiger partial charge on any atom is -0.359 e. The monoisotopic (exact) mass is 273 g/mol. The molecule has 1 saturated heterocycles. The van der Waals surface area contributed by atoms with Gasteiger partial charge in [0.25, 0.3) is 5.91 Å². The standard InChI is InChI=1S/C12H13Cl2NO2/c13-8-4-3-5-9(14)11(8)12(16)15-10-6-1-2-7-17-10/h3-5,10H,1-2,6-7H2,(H,15,16). The zero-order chi connectivity index (χ0) is 12.3. The summed E-state index contributed by atoms with van der Waals surface area (Å²) >= 11 is 11.9. The third kappa shape index (κ3) is 3.12. The Bertz CT molecular complexity index is 397. The molecule has 1 aromatic rings. The van der Waals surface area contributed by atoms with E-state index in [9.17, 15) is 4.79 Å². The first-order valence-electron chi connectivity index (χ1n) is 5.55. The second kappa shape index (κ2) is 5.71. The molecule has 0 spiro atoms. The minimum absolute atomic E-state index is 0.233. The number of benzene rings is 1. The van der Waals surface area contributed by atoms with E-state index in [1.165, 1.54) is 0 Å². The highest BCUT2D eigenvalue weighted by Crippen LogP contribution is 2.24. The van der Waals surface area contributed by atoms with Crippen LogP contribution in [-0.2, 0) is 4.74 Å². The molecular formula is C12H13Cl2NO2. The van der Waals surface area contributed by atoms with Crippen molar-refractivity contribution in [3.63, 3.8) is 0 Å². The fourth-order valence-corrected chi connectivity index (χ4v) is 2.36. The highest BCUT2D eigenvalue weighted by atomic mass is 35.5. The summed E-state index contributed by atoms with van der Waals surface area (Å²) < 4.78 is 5.43. The summed E-state index contributed by atoms with van der Waals surface area (Å²) in [5.41, 5.74) is 0.310. The number of amides is 1. The van der Waals surface area contributed by atoms with Crippen molar-refractivity contribution in [3.05, 3.63) is 33.8 Å². The molecule has 0 aromatic heterocycles. The van der Waals surface area contributed by atoms with Gasteiger partial charge < -0.3 is 10.1 Å². The van der Waals surface area contributed by atoms with Crippen molar-refractivity contribution in [3.8, 4) is 0 Å². The Morgan fingerprint density at radius 1 is 1.29 bits per heavy atom. The first-order chi connectivity index (χ1) is 8.18. The van der Waals surface area contributed by atoms with Gasteiger partial charge in [-0.3, -0.25) is 4.79 Å². The Kier molecular flexibility index (Phi) is 4.26. The van der Waals surface area contributed by atoms with Gasteiger partial charge in [-0.15, -0.1) is 0 Å². The van der Waals surface area contributed by atoms with E-state index in [-0.39, 0.29) is 12.1 Å². The lowest BCUT2D eigenvalue weighted by molar-refractivity contribution is -0.00265. The third-order valence-corrected chi connectivity index (χ3v) is 3.29. The normalized spacial score (nSPS) is 20.0. The number of carbonyl (C=O) groups is 1. The fraction of sp³-hybridized carbons (Fsp3) is 0.417.